The van der Waals surface area contributed by atoms with Gasteiger partial charge in [-0.15, -0.1) is 0 Å². The van der Waals surface area contributed by atoms with Crippen LogP contribution in [-0.2, 0) is 9.53 Å². The Balaban J connectivity index is 1.79. The van der Waals surface area contributed by atoms with Crippen LogP contribution in [-0.4, -0.2) is 31.1 Å². The normalized spacial score (nSPS) is 15.9. The molecule has 0 radical (unpaired) electrons. The predicted molar refractivity (Wildman–Crippen MR) is 106 cm³/mol. The largest absolute Gasteiger partial charge is 0.379 e. The second-order valence-electron chi connectivity index (χ2n) is 7.06. The molecule has 27 heavy (non-hydrogen) atoms. The van der Waals surface area contributed by atoms with E-state index in [-0.39, 0.29) is 17.9 Å². The number of rotatable bonds is 7. The number of nitrogens with one attached hydrogen (secondary N) is 1. The SMILES string of the molecule is Cc1ccc(N2C(=O)c3ccccc3C2C(=O)NCCCOC(C)C)cc1. The molecule has 2 amide bonds. The van der Waals surface area contributed by atoms with Gasteiger partial charge < -0.3 is 10.1 Å². The van der Waals surface area contributed by atoms with Crippen molar-refractivity contribution in [3.05, 3.63) is 65.2 Å². The zero-order valence-corrected chi connectivity index (χ0v) is 16.1. The second-order valence-corrected chi connectivity index (χ2v) is 7.06. The predicted octanol–water partition coefficient (Wildman–Crippen LogP) is 3.63. The molecule has 1 atom stereocenters. The minimum absolute atomic E-state index is 0.141. The van der Waals surface area contributed by atoms with Gasteiger partial charge in [-0.25, -0.2) is 0 Å². The van der Waals surface area contributed by atoms with E-state index in [9.17, 15) is 9.59 Å². The molecule has 0 bridgehead atoms. The number of aryl methyl sites for hydroxylation is 1. The molecular formula is C22H26N2O3. The number of hydrogen-bond donors (Lipinski definition) is 1. The molecule has 2 aromatic rings. The third kappa shape index (κ3) is 4.19. The molecule has 1 unspecified atom stereocenters. The van der Waals surface area contributed by atoms with Crippen LogP contribution in [0.1, 0.15) is 47.8 Å². The fourth-order valence-electron chi connectivity index (χ4n) is 3.25. The number of nitrogens with zero attached hydrogens (tertiary/aromatic N) is 1. The van der Waals surface area contributed by atoms with E-state index in [0.29, 0.717) is 18.7 Å². The summed E-state index contributed by atoms with van der Waals surface area (Å²) in [7, 11) is 0. The standard InChI is InChI=1S/C22H26N2O3/c1-15(2)27-14-6-13-23-21(25)20-18-7-4-5-8-19(18)22(26)24(20)17-11-9-16(3)10-12-17/h4-5,7-12,15,20H,6,13-14H2,1-3H3,(H,23,25). The van der Waals surface area contributed by atoms with Gasteiger partial charge in [0.2, 0.25) is 5.91 Å². The quantitative estimate of drug-likeness (QED) is 0.761. The molecule has 0 aromatic heterocycles. The molecule has 0 fully saturated rings. The van der Waals surface area contributed by atoms with Gasteiger partial charge in [-0.2, -0.15) is 0 Å². The maximum Gasteiger partial charge on any atom is 0.259 e. The van der Waals surface area contributed by atoms with Crippen molar-refractivity contribution in [2.24, 2.45) is 0 Å². The number of fused-ring (bicyclic) bond motifs is 1. The van der Waals surface area contributed by atoms with Crippen LogP contribution in [0.3, 0.4) is 0 Å². The lowest BCUT2D eigenvalue weighted by Gasteiger charge is -2.25. The third-order valence-corrected chi connectivity index (χ3v) is 4.59. The first-order valence-electron chi connectivity index (χ1n) is 9.37. The van der Waals surface area contributed by atoms with Crippen molar-refractivity contribution in [3.8, 4) is 0 Å². The Morgan fingerprint density at radius 2 is 1.85 bits per heavy atom. The monoisotopic (exact) mass is 366 g/mol. The van der Waals surface area contributed by atoms with Crippen LogP contribution in [0.5, 0.6) is 0 Å². The highest BCUT2D eigenvalue weighted by atomic mass is 16.5. The van der Waals surface area contributed by atoms with Crippen molar-refractivity contribution >= 4 is 17.5 Å². The van der Waals surface area contributed by atoms with E-state index in [2.05, 4.69) is 5.32 Å². The molecule has 142 valence electrons. The molecule has 1 N–H and O–H groups in total. The van der Waals surface area contributed by atoms with E-state index in [4.69, 9.17) is 4.74 Å². The number of amides is 2. The Hall–Kier alpha value is -2.66. The smallest absolute Gasteiger partial charge is 0.259 e. The highest BCUT2D eigenvalue weighted by Gasteiger charge is 2.41. The first-order valence-corrected chi connectivity index (χ1v) is 9.37. The van der Waals surface area contributed by atoms with E-state index in [1.807, 2.05) is 63.2 Å². The molecule has 5 nitrogen and oxygen atoms in total. The van der Waals surface area contributed by atoms with E-state index < -0.39 is 6.04 Å². The molecule has 0 saturated heterocycles. The van der Waals surface area contributed by atoms with Crippen LogP contribution < -0.4 is 10.2 Å². The fourth-order valence-corrected chi connectivity index (χ4v) is 3.25. The van der Waals surface area contributed by atoms with Crippen molar-refractivity contribution in [1.82, 2.24) is 5.32 Å². The van der Waals surface area contributed by atoms with Gasteiger partial charge in [0.15, 0.2) is 0 Å². The van der Waals surface area contributed by atoms with Gasteiger partial charge in [-0.05, 0) is 51.0 Å². The molecular weight excluding hydrogens is 340 g/mol. The number of hydrogen-bond acceptors (Lipinski definition) is 3. The van der Waals surface area contributed by atoms with Crippen molar-refractivity contribution in [1.29, 1.82) is 0 Å². The Bertz CT molecular complexity index is 815. The summed E-state index contributed by atoms with van der Waals surface area (Å²) in [5.41, 5.74) is 3.17. The molecule has 1 aliphatic rings. The van der Waals surface area contributed by atoms with Gasteiger partial charge in [0.05, 0.1) is 6.10 Å². The summed E-state index contributed by atoms with van der Waals surface area (Å²) < 4.78 is 5.51. The van der Waals surface area contributed by atoms with E-state index >= 15 is 0 Å². The topological polar surface area (TPSA) is 58.6 Å². The van der Waals surface area contributed by atoms with Crippen LogP contribution in [0.2, 0.25) is 0 Å². The van der Waals surface area contributed by atoms with Crippen LogP contribution in [0, 0.1) is 6.92 Å². The van der Waals surface area contributed by atoms with Gasteiger partial charge >= 0.3 is 0 Å². The number of ether oxygens (including phenoxy) is 1. The Kier molecular flexibility index (Phi) is 5.91. The summed E-state index contributed by atoms with van der Waals surface area (Å²) in [6.07, 6.45) is 0.911. The number of carbonyl (C=O) groups excluding carboxylic acids is 2. The summed E-state index contributed by atoms with van der Waals surface area (Å²) in [6, 6.07) is 14.3. The van der Waals surface area contributed by atoms with Crippen molar-refractivity contribution < 1.29 is 14.3 Å². The third-order valence-electron chi connectivity index (χ3n) is 4.59. The highest BCUT2D eigenvalue weighted by Crippen LogP contribution is 2.37. The Morgan fingerprint density at radius 3 is 2.56 bits per heavy atom. The first kappa shape index (κ1) is 19.1. The first-order chi connectivity index (χ1) is 13.0. The Morgan fingerprint density at radius 1 is 1.15 bits per heavy atom. The van der Waals surface area contributed by atoms with Crippen molar-refractivity contribution in [2.45, 2.75) is 39.3 Å². The van der Waals surface area contributed by atoms with Gasteiger partial charge in [0, 0.05) is 24.4 Å². The lowest BCUT2D eigenvalue weighted by Crippen LogP contribution is -2.39. The second kappa shape index (κ2) is 8.35. The highest BCUT2D eigenvalue weighted by molar-refractivity contribution is 6.15. The van der Waals surface area contributed by atoms with E-state index in [0.717, 1.165) is 23.2 Å². The van der Waals surface area contributed by atoms with Crippen LogP contribution >= 0.6 is 0 Å². The van der Waals surface area contributed by atoms with E-state index in [1.54, 1.807) is 11.0 Å². The van der Waals surface area contributed by atoms with Gasteiger partial charge in [-0.1, -0.05) is 35.9 Å². The minimum atomic E-state index is -0.651. The lowest BCUT2D eigenvalue weighted by atomic mass is 10.0. The average Bonchev–Trinajstić information content (AvgIpc) is 2.95. The zero-order chi connectivity index (χ0) is 19.4. The molecule has 2 aromatic carbocycles. The van der Waals surface area contributed by atoms with Crippen LogP contribution in [0.25, 0.3) is 0 Å². The van der Waals surface area contributed by atoms with Gasteiger partial charge in [-0.3, -0.25) is 14.5 Å². The summed E-state index contributed by atoms with van der Waals surface area (Å²) in [4.78, 5) is 27.5. The van der Waals surface area contributed by atoms with Crippen molar-refractivity contribution in [3.63, 3.8) is 0 Å². The zero-order valence-electron chi connectivity index (χ0n) is 16.1. The van der Waals surface area contributed by atoms with Crippen molar-refractivity contribution in [2.75, 3.05) is 18.1 Å². The number of carbonyl (C=O) groups is 2. The molecule has 1 aliphatic heterocycles. The van der Waals surface area contributed by atoms with Gasteiger partial charge in [0.1, 0.15) is 6.04 Å². The van der Waals surface area contributed by atoms with E-state index in [1.165, 1.54) is 0 Å². The van der Waals surface area contributed by atoms with Crippen LogP contribution in [0.15, 0.2) is 48.5 Å². The Labute approximate surface area is 160 Å². The fraction of sp³-hybridized carbons (Fsp3) is 0.364. The summed E-state index contributed by atoms with van der Waals surface area (Å²) in [6.45, 7) is 7.08. The molecule has 0 aliphatic carbocycles. The molecule has 3 rings (SSSR count). The average molecular weight is 366 g/mol. The summed E-state index contributed by atoms with van der Waals surface area (Å²) >= 11 is 0. The summed E-state index contributed by atoms with van der Waals surface area (Å²) in [5, 5.41) is 2.96. The molecule has 1 heterocycles. The van der Waals surface area contributed by atoms with Gasteiger partial charge in [0.25, 0.3) is 5.91 Å². The maximum atomic E-state index is 13.0. The minimum Gasteiger partial charge on any atom is -0.379 e. The summed E-state index contributed by atoms with van der Waals surface area (Å²) in [5.74, 6) is -0.309. The molecule has 5 heteroatoms. The molecule has 0 spiro atoms. The van der Waals surface area contributed by atoms with Crippen LogP contribution in [0.4, 0.5) is 5.69 Å². The molecule has 0 saturated carbocycles. The lowest BCUT2D eigenvalue weighted by molar-refractivity contribution is -0.122. The number of anilines is 1. The maximum absolute atomic E-state index is 13.0. The number of benzene rings is 2.